The summed E-state index contributed by atoms with van der Waals surface area (Å²) >= 11 is 4.60. The van der Waals surface area contributed by atoms with E-state index in [9.17, 15) is 13.2 Å². The lowest BCUT2D eigenvalue weighted by atomic mass is 9.97. The van der Waals surface area contributed by atoms with Crippen molar-refractivity contribution in [1.82, 2.24) is 9.21 Å². The summed E-state index contributed by atoms with van der Waals surface area (Å²) in [6.45, 7) is 2.68. The third-order valence-corrected chi connectivity index (χ3v) is 8.16. The first kappa shape index (κ1) is 16.9. The van der Waals surface area contributed by atoms with E-state index in [0.29, 0.717) is 30.1 Å². The first-order valence-corrected chi connectivity index (χ1v) is 9.75. The lowest BCUT2D eigenvalue weighted by molar-refractivity contribution is -0.134. The van der Waals surface area contributed by atoms with E-state index in [2.05, 4.69) is 15.9 Å². The molecule has 1 fully saturated rings. The summed E-state index contributed by atoms with van der Waals surface area (Å²) in [6, 6.07) is 1.70. The van der Waals surface area contributed by atoms with Gasteiger partial charge in [-0.1, -0.05) is 0 Å². The maximum atomic E-state index is 12.6. The number of nitrogens with zero attached hydrogens (tertiary/aromatic N) is 2. The highest BCUT2D eigenvalue weighted by molar-refractivity contribution is 9.11. The summed E-state index contributed by atoms with van der Waals surface area (Å²) in [5.41, 5.74) is 0.927. The molecule has 21 heavy (non-hydrogen) atoms. The number of hydrogen-bond donors (Lipinski definition) is 0. The maximum Gasteiger partial charge on any atom is 0.252 e. The Balaban J connectivity index is 2.09. The van der Waals surface area contributed by atoms with Crippen LogP contribution in [-0.2, 0) is 14.8 Å². The molecule has 2 heterocycles. The first-order valence-electron chi connectivity index (χ1n) is 6.70. The molecule has 0 atom stereocenters. The predicted molar refractivity (Wildman–Crippen MR) is 86.9 cm³/mol. The molecule has 1 aliphatic rings. The molecule has 0 N–H and O–H groups in total. The molecule has 1 saturated heterocycles. The Morgan fingerprint density at radius 3 is 2.38 bits per heavy atom. The molecule has 1 aromatic heterocycles. The van der Waals surface area contributed by atoms with Crippen LogP contribution in [0.15, 0.2) is 14.1 Å². The van der Waals surface area contributed by atoms with Crippen molar-refractivity contribution >= 4 is 43.2 Å². The van der Waals surface area contributed by atoms with Gasteiger partial charge in [0.1, 0.15) is 4.21 Å². The fourth-order valence-electron chi connectivity index (χ4n) is 2.39. The lowest BCUT2D eigenvalue weighted by Crippen LogP contribution is -2.42. The van der Waals surface area contributed by atoms with E-state index in [4.69, 9.17) is 0 Å². The van der Waals surface area contributed by atoms with Crippen LogP contribution >= 0.6 is 27.3 Å². The predicted octanol–water partition coefficient (Wildman–Crippen LogP) is 2.31. The number of sulfonamides is 1. The van der Waals surface area contributed by atoms with Crippen molar-refractivity contribution in [2.75, 3.05) is 27.2 Å². The summed E-state index contributed by atoms with van der Waals surface area (Å²) < 4.78 is 27.9. The molecule has 118 valence electrons. The summed E-state index contributed by atoms with van der Waals surface area (Å²) in [4.78, 5) is 13.5. The zero-order chi connectivity index (χ0) is 15.8. The molecule has 8 heteroatoms. The van der Waals surface area contributed by atoms with Gasteiger partial charge in [0.2, 0.25) is 5.91 Å². The molecule has 1 amide bonds. The number of amides is 1. The molecule has 0 radical (unpaired) electrons. The van der Waals surface area contributed by atoms with E-state index in [1.165, 1.54) is 15.6 Å². The minimum Gasteiger partial charge on any atom is -0.349 e. The summed E-state index contributed by atoms with van der Waals surface area (Å²) in [6.07, 6.45) is 1.17. The number of halogens is 1. The number of piperidine rings is 1. The van der Waals surface area contributed by atoms with Crippen molar-refractivity contribution in [3.63, 3.8) is 0 Å². The quantitative estimate of drug-likeness (QED) is 0.789. The number of carbonyl (C=O) groups excluding carboxylic acids is 1. The molecule has 1 aliphatic heterocycles. The molecule has 0 spiro atoms. The van der Waals surface area contributed by atoms with Crippen molar-refractivity contribution in [3.05, 3.63) is 15.4 Å². The molecule has 0 aromatic carbocycles. The fraction of sp³-hybridized carbons (Fsp3) is 0.615. The standard InChI is InChI=1S/C13H19BrN2O3S2/c1-9-8-11(20-12(9)14)21(18,19)16-6-4-10(5-7-16)13(17)15(2)3/h8,10H,4-7H2,1-3H3. The number of carbonyl (C=O) groups is 1. The Kier molecular flexibility index (Phi) is 5.12. The Morgan fingerprint density at radius 1 is 1.38 bits per heavy atom. The summed E-state index contributed by atoms with van der Waals surface area (Å²) in [5, 5.41) is 0. The largest absolute Gasteiger partial charge is 0.349 e. The smallest absolute Gasteiger partial charge is 0.252 e. The summed E-state index contributed by atoms with van der Waals surface area (Å²) in [7, 11) is 0.0309. The van der Waals surface area contributed by atoms with Gasteiger partial charge in [-0.3, -0.25) is 4.79 Å². The monoisotopic (exact) mass is 394 g/mol. The van der Waals surface area contributed by atoms with E-state index < -0.39 is 10.0 Å². The average molecular weight is 395 g/mol. The average Bonchev–Trinajstić information content (AvgIpc) is 2.78. The molecule has 1 aromatic rings. The topological polar surface area (TPSA) is 57.7 Å². The van der Waals surface area contributed by atoms with Crippen molar-refractivity contribution in [2.45, 2.75) is 24.0 Å². The van der Waals surface area contributed by atoms with E-state index in [1.807, 2.05) is 6.92 Å². The highest BCUT2D eigenvalue weighted by Crippen LogP contribution is 2.33. The lowest BCUT2D eigenvalue weighted by Gasteiger charge is -2.31. The normalized spacial score (nSPS) is 17.9. The van der Waals surface area contributed by atoms with Gasteiger partial charge in [0.05, 0.1) is 3.79 Å². The van der Waals surface area contributed by atoms with E-state index in [1.54, 1.807) is 25.1 Å². The van der Waals surface area contributed by atoms with Gasteiger partial charge in [0.25, 0.3) is 10.0 Å². The Morgan fingerprint density at radius 2 is 1.95 bits per heavy atom. The van der Waals surface area contributed by atoms with Crippen LogP contribution in [0.1, 0.15) is 18.4 Å². The van der Waals surface area contributed by atoms with Crippen LogP contribution in [0.25, 0.3) is 0 Å². The molecular weight excluding hydrogens is 376 g/mol. The fourth-order valence-corrected chi connectivity index (χ4v) is 6.24. The Hall–Kier alpha value is -0.440. The van der Waals surface area contributed by atoms with Crippen molar-refractivity contribution in [1.29, 1.82) is 0 Å². The van der Waals surface area contributed by atoms with Crippen LogP contribution in [0.4, 0.5) is 0 Å². The number of rotatable bonds is 3. The first-order chi connectivity index (χ1) is 9.73. The summed E-state index contributed by atoms with van der Waals surface area (Å²) in [5.74, 6) is 0.0185. The number of thiophene rings is 1. The third-order valence-electron chi connectivity index (χ3n) is 3.67. The molecular formula is C13H19BrN2O3S2. The highest BCUT2D eigenvalue weighted by Gasteiger charge is 2.33. The van der Waals surface area contributed by atoms with Crippen LogP contribution in [0.3, 0.4) is 0 Å². The van der Waals surface area contributed by atoms with Crippen LogP contribution < -0.4 is 0 Å². The molecule has 0 unspecified atom stereocenters. The number of hydrogen-bond acceptors (Lipinski definition) is 4. The van der Waals surface area contributed by atoms with Crippen molar-refractivity contribution in [2.24, 2.45) is 5.92 Å². The highest BCUT2D eigenvalue weighted by atomic mass is 79.9. The Labute approximate surface area is 138 Å². The van der Waals surface area contributed by atoms with Crippen LogP contribution in [0, 0.1) is 12.8 Å². The second-order valence-corrected chi connectivity index (χ2v) is 9.97. The van der Waals surface area contributed by atoms with Gasteiger partial charge in [-0.05, 0) is 47.3 Å². The van der Waals surface area contributed by atoms with Gasteiger partial charge < -0.3 is 4.90 Å². The van der Waals surface area contributed by atoms with E-state index in [0.717, 1.165) is 9.35 Å². The van der Waals surface area contributed by atoms with Gasteiger partial charge >= 0.3 is 0 Å². The number of aryl methyl sites for hydroxylation is 1. The van der Waals surface area contributed by atoms with Crippen LogP contribution in [0.5, 0.6) is 0 Å². The van der Waals surface area contributed by atoms with Gasteiger partial charge in [-0.15, -0.1) is 11.3 Å². The van der Waals surface area contributed by atoms with E-state index >= 15 is 0 Å². The van der Waals surface area contributed by atoms with Crippen LogP contribution in [-0.4, -0.2) is 50.7 Å². The van der Waals surface area contributed by atoms with Crippen molar-refractivity contribution < 1.29 is 13.2 Å². The zero-order valence-electron chi connectivity index (χ0n) is 12.3. The third kappa shape index (κ3) is 3.49. The molecule has 2 rings (SSSR count). The van der Waals surface area contributed by atoms with Gasteiger partial charge in [0, 0.05) is 33.1 Å². The molecule has 0 bridgehead atoms. The van der Waals surface area contributed by atoms with Gasteiger partial charge in [-0.2, -0.15) is 4.31 Å². The zero-order valence-corrected chi connectivity index (χ0v) is 15.5. The molecule has 0 saturated carbocycles. The van der Waals surface area contributed by atoms with Crippen molar-refractivity contribution in [3.8, 4) is 0 Å². The minimum atomic E-state index is -3.44. The minimum absolute atomic E-state index is 0.0664. The SMILES string of the molecule is Cc1cc(S(=O)(=O)N2CCC(C(=O)N(C)C)CC2)sc1Br. The van der Waals surface area contributed by atoms with E-state index in [-0.39, 0.29) is 11.8 Å². The van der Waals surface area contributed by atoms with Gasteiger partial charge in [0.15, 0.2) is 0 Å². The Bertz CT molecular complexity index is 612. The second-order valence-electron chi connectivity index (χ2n) is 5.43. The van der Waals surface area contributed by atoms with Crippen LogP contribution in [0.2, 0.25) is 0 Å². The van der Waals surface area contributed by atoms with Gasteiger partial charge in [-0.25, -0.2) is 8.42 Å². The molecule has 5 nitrogen and oxygen atoms in total. The molecule has 0 aliphatic carbocycles. The maximum absolute atomic E-state index is 12.6. The second kappa shape index (κ2) is 6.36.